The summed E-state index contributed by atoms with van der Waals surface area (Å²) in [5, 5.41) is 13.2. The SMILES string of the molecule is Cc1nn(C)c2nc(NCCCn3nccc3C3CC3)sc12. The molecule has 0 aromatic carbocycles. The molecule has 6 nitrogen and oxygen atoms in total. The zero-order valence-corrected chi connectivity index (χ0v) is 13.7. The summed E-state index contributed by atoms with van der Waals surface area (Å²) in [4.78, 5) is 4.61. The fraction of sp³-hybridized carbons (Fsp3) is 0.533. The third kappa shape index (κ3) is 2.49. The van der Waals surface area contributed by atoms with Crippen molar-refractivity contribution in [1.29, 1.82) is 0 Å². The van der Waals surface area contributed by atoms with Crippen LogP contribution in [0.25, 0.3) is 10.3 Å². The van der Waals surface area contributed by atoms with Crippen LogP contribution in [-0.2, 0) is 13.6 Å². The standard InChI is InChI=1S/C15H20N6S/c1-10-13-14(20(2)19-10)18-15(22-13)16-7-3-9-21-12(6-8-17-21)11-4-5-11/h6,8,11H,3-5,7,9H2,1-2H3,(H,16,18). The minimum Gasteiger partial charge on any atom is -0.361 e. The Morgan fingerprint density at radius 2 is 2.27 bits per heavy atom. The largest absolute Gasteiger partial charge is 0.361 e. The van der Waals surface area contributed by atoms with Crippen molar-refractivity contribution in [2.45, 2.75) is 38.6 Å². The number of rotatable bonds is 6. The van der Waals surface area contributed by atoms with E-state index in [0.29, 0.717) is 0 Å². The van der Waals surface area contributed by atoms with Gasteiger partial charge in [-0.1, -0.05) is 11.3 Å². The van der Waals surface area contributed by atoms with Gasteiger partial charge in [-0.15, -0.1) is 0 Å². The molecule has 0 bridgehead atoms. The monoisotopic (exact) mass is 316 g/mol. The number of nitrogens with one attached hydrogen (secondary N) is 1. The summed E-state index contributed by atoms with van der Waals surface area (Å²) in [6, 6.07) is 2.16. The van der Waals surface area contributed by atoms with E-state index < -0.39 is 0 Å². The number of hydrogen-bond acceptors (Lipinski definition) is 5. The number of aryl methyl sites for hydroxylation is 3. The first-order valence-electron chi connectivity index (χ1n) is 7.78. The van der Waals surface area contributed by atoms with E-state index in [9.17, 15) is 0 Å². The zero-order valence-electron chi connectivity index (χ0n) is 12.9. The first-order chi connectivity index (χ1) is 10.7. The molecule has 0 saturated heterocycles. The third-order valence-electron chi connectivity index (χ3n) is 4.11. The van der Waals surface area contributed by atoms with Crippen LogP contribution in [0.15, 0.2) is 12.3 Å². The van der Waals surface area contributed by atoms with Crippen LogP contribution in [0.5, 0.6) is 0 Å². The molecule has 7 heteroatoms. The molecular formula is C15H20N6S. The average Bonchev–Trinajstić information content (AvgIpc) is 2.98. The van der Waals surface area contributed by atoms with Crippen LogP contribution in [0.4, 0.5) is 5.13 Å². The number of thiazole rings is 1. The highest BCUT2D eigenvalue weighted by molar-refractivity contribution is 7.22. The second kappa shape index (κ2) is 5.39. The summed E-state index contributed by atoms with van der Waals surface area (Å²) < 4.78 is 5.18. The van der Waals surface area contributed by atoms with E-state index >= 15 is 0 Å². The topological polar surface area (TPSA) is 60.6 Å². The predicted octanol–water partition coefficient (Wildman–Crippen LogP) is 2.91. The maximum absolute atomic E-state index is 4.61. The van der Waals surface area contributed by atoms with Crippen molar-refractivity contribution in [2.24, 2.45) is 7.05 Å². The van der Waals surface area contributed by atoms with E-state index in [4.69, 9.17) is 0 Å². The van der Waals surface area contributed by atoms with E-state index in [0.717, 1.165) is 41.9 Å². The first kappa shape index (κ1) is 13.8. The fourth-order valence-electron chi connectivity index (χ4n) is 2.84. The summed E-state index contributed by atoms with van der Waals surface area (Å²) in [6.45, 7) is 3.91. The normalized spacial score (nSPS) is 14.8. The van der Waals surface area contributed by atoms with Gasteiger partial charge in [0.1, 0.15) is 0 Å². The molecule has 116 valence electrons. The highest BCUT2D eigenvalue weighted by Gasteiger charge is 2.26. The zero-order chi connectivity index (χ0) is 15.1. The van der Waals surface area contributed by atoms with Gasteiger partial charge in [0, 0.05) is 37.9 Å². The Morgan fingerprint density at radius 3 is 3.05 bits per heavy atom. The number of aromatic nitrogens is 5. The van der Waals surface area contributed by atoms with Crippen molar-refractivity contribution in [2.75, 3.05) is 11.9 Å². The molecule has 3 aromatic heterocycles. The van der Waals surface area contributed by atoms with Gasteiger partial charge in [-0.25, -0.2) is 9.67 Å². The van der Waals surface area contributed by atoms with Crippen molar-refractivity contribution in [1.82, 2.24) is 24.5 Å². The molecule has 0 radical (unpaired) electrons. The van der Waals surface area contributed by atoms with E-state index in [1.165, 1.54) is 23.2 Å². The van der Waals surface area contributed by atoms with Crippen LogP contribution < -0.4 is 5.32 Å². The number of hydrogen-bond donors (Lipinski definition) is 1. The van der Waals surface area contributed by atoms with Crippen molar-refractivity contribution in [3.05, 3.63) is 23.7 Å². The lowest BCUT2D eigenvalue weighted by atomic mass is 10.3. The highest BCUT2D eigenvalue weighted by Crippen LogP contribution is 2.39. The molecule has 22 heavy (non-hydrogen) atoms. The predicted molar refractivity (Wildman–Crippen MR) is 88.4 cm³/mol. The molecule has 1 aliphatic carbocycles. The summed E-state index contributed by atoms with van der Waals surface area (Å²) in [5.74, 6) is 0.759. The summed E-state index contributed by atoms with van der Waals surface area (Å²) in [6.07, 6.45) is 5.62. The Hall–Kier alpha value is -1.89. The maximum atomic E-state index is 4.61. The Labute approximate surface area is 133 Å². The second-order valence-electron chi connectivity index (χ2n) is 5.91. The highest BCUT2D eigenvalue weighted by atomic mass is 32.1. The Morgan fingerprint density at radius 1 is 1.41 bits per heavy atom. The molecule has 0 aliphatic heterocycles. The Kier molecular flexibility index (Phi) is 3.37. The van der Waals surface area contributed by atoms with Gasteiger partial charge in [-0.3, -0.25) is 4.68 Å². The molecule has 0 amide bonds. The van der Waals surface area contributed by atoms with Gasteiger partial charge in [-0.2, -0.15) is 10.2 Å². The smallest absolute Gasteiger partial charge is 0.185 e. The van der Waals surface area contributed by atoms with Crippen LogP contribution >= 0.6 is 11.3 Å². The molecule has 1 saturated carbocycles. The van der Waals surface area contributed by atoms with Crippen molar-refractivity contribution >= 4 is 26.8 Å². The molecule has 0 atom stereocenters. The number of anilines is 1. The fourth-order valence-corrected chi connectivity index (χ4v) is 3.80. The van der Waals surface area contributed by atoms with E-state index in [2.05, 4.69) is 31.2 Å². The summed E-state index contributed by atoms with van der Waals surface area (Å²) >= 11 is 1.68. The molecule has 3 aromatic rings. The Bertz CT molecular complexity index is 760. The molecule has 3 heterocycles. The lowest BCUT2D eigenvalue weighted by Crippen LogP contribution is -2.09. The molecule has 0 spiro atoms. The first-order valence-corrected chi connectivity index (χ1v) is 8.60. The van der Waals surface area contributed by atoms with Crippen LogP contribution in [0, 0.1) is 6.92 Å². The van der Waals surface area contributed by atoms with E-state index in [-0.39, 0.29) is 0 Å². The van der Waals surface area contributed by atoms with Crippen LogP contribution in [0.3, 0.4) is 0 Å². The number of fused-ring (bicyclic) bond motifs is 1. The third-order valence-corrected chi connectivity index (χ3v) is 5.22. The van der Waals surface area contributed by atoms with Gasteiger partial charge in [0.2, 0.25) is 0 Å². The van der Waals surface area contributed by atoms with Gasteiger partial charge < -0.3 is 5.32 Å². The lowest BCUT2D eigenvalue weighted by Gasteiger charge is -2.07. The molecule has 4 rings (SSSR count). The van der Waals surface area contributed by atoms with Gasteiger partial charge in [0.25, 0.3) is 0 Å². The van der Waals surface area contributed by atoms with Crippen LogP contribution in [-0.4, -0.2) is 31.1 Å². The molecule has 1 N–H and O–H groups in total. The molecular weight excluding hydrogens is 296 g/mol. The van der Waals surface area contributed by atoms with Crippen molar-refractivity contribution in [3.8, 4) is 0 Å². The molecule has 1 aliphatic rings. The van der Waals surface area contributed by atoms with Gasteiger partial charge >= 0.3 is 0 Å². The molecule has 1 fully saturated rings. The van der Waals surface area contributed by atoms with Crippen LogP contribution in [0.1, 0.15) is 36.6 Å². The second-order valence-corrected chi connectivity index (χ2v) is 6.91. The average molecular weight is 316 g/mol. The maximum Gasteiger partial charge on any atom is 0.185 e. The van der Waals surface area contributed by atoms with Crippen LogP contribution in [0.2, 0.25) is 0 Å². The lowest BCUT2D eigenvalue weighted by molar-refractivity contribution is 0.566. The summed E-state index contributed by atoms with van der Waals surface area (Å²) in [5.41, 5.74) is 3.42. The van der Waals surface area contributed by atoms with Crippen molar-refractivity contribution in [3.63, 3.8) is 0 Å². The minimum atomic E-state index is 0.759. The molecule has 0 unspecified atom stereocenters. The number of nitrogens with zero attached hydrogens (tertiary/aromatic N) is 5. The quantitative estimate of drug-likeness (QED) is 0.710. The minimum absolute atomic E-state index is 0.759. The van der Waals surface area contributed by atoms with E-state index in [1.54, 1.807) is 11.3 Å². The van der Waals surface area contributed by atoms with Gasteiger partial charge in [0.15, 0.2) is 10.8 Å². The summed E-state index contributed by atoms with van der Waals surface area (Å²) in [7, 11) is 1.94. The van der Waals surface area contributed by atoms with E-state index in [1.807, 2.05) is 24.9 Å². The van der Waals surface area contributed by atoms with Gasteiger partial charge in [-0.05, 0) is 32.3 Å². The Balaban J connectivity index is 1.34. The van der Waals surface area contributed by atoms with Crippen molar-refractivity contribution < 1.29 is 0 Å². The van der Waals surface area contributed by atoms with Gasteiger partial charge in [0.05, 0.1) is 10.4 Å².